The van der Waals surface area contributed by atoms with Crippen LogP contribution < -0.4 is 5.32 Å². The minimum Gasteiger partial charge on any atom is -0.393 e. The molecule has 1 heterocycles. The Balaban J connectivity index is 1.98. The van der Waals surface area contributed by atoms with Crippen LogP contribution in [0.3, 0.4) is 0 Å². The highest BCUT2D eigenvalue weighted by Crippen LogP contribution is 2.24. The molecule has 1 aliphatic carbocycles. The molecular weight excluding hydrogens is 164 g/mol. The molecule has 2 N–H and O–H groups in total. The van der Waals surface area contributed by atoms with Crippen molar-refractivity contribution in [2.24, 2.45) is 0 Å². The highest BCUT2D eigenvalue weighted by molar-refractivity contribution is 5.43. The Morgan fingerprint density at radius 2 is 2.31 bits per heavy atom. The number of aliphatic hydroxyl groups is 1. The van der Waals surface area contributed by atoms with Crippen molar-refractivity contribution >= 4 is 5.82 Å². The minimum absolute atomic E-state index is 0.110. The van der Waals surface area contributed by atoms with Gasteiger partial charge in [0.1, 0.15) is 5.82 Å². The Morgan fingerprint density at radius 1 is 1.54 bits per heavy atom. The van der Waals surface area contributed by atoms with Gasteiger partial charge in [0.25, 0.3) is 0 Å². The van der Waals surface area contributed by atoms with Gasteiger partial charge in [0.15, 0.2) is 0 Å². The second kappa shape index (κ2) is 3.34. The van der Waals surface area contributed by atoms with E-state index in [1.54, 1.807) is 6.20 Å². The van der Waals surface area contributed by atoms with Gasteiger partial charge in [-0.05, 0) is 31.4 Å². The second-order valence-corrected chi connectivity index (χ2v) is 3.64. The molecule has 1 saturated carbocycles. The Morgan fingerprint density at radius 3 is 2.92 bits per heavy atom. The predicted molar refractivity (Wildman–Crippen MR) is 51.6 cm³/mol. The Bertz CT molecular complexity index is 295. The lowest BCUT2D eigenvalue weighted by atomic mass is 9.89. The molecule has 1 fully saturated rings. The molecule has 3 nitrogen and oxygen atoms in total. The van der Waals surface area contributed by atoms with Crippen molar-refractivity contribution in [2.75, 3.05) is 5.32 Å². The molecule has 0 unspecified atom stereocenters. The molecule has 0 aliphatic heterocycles. The standard InChI is InChI=1S/C10H14N2O/c1-7-3-2-4-11-10(7)12-8-5-9(13)6-8/h2-4,8-9,13H,5-6H2,1H3,(H,11,12). The summed E-state index contributed by atoms with van der Waals surface area (Å²) in [6.45, 7) is 2.03. The van der Waals surface area contributed by atoms with E-state index in [-0.39, 0.29) is 6.10 Å². The fraction of sp³-hybridized carbons (Fsp3) is 0.500. The molecule has 0 saturated heterocycles. The quantitative estimate of drug-likeness (QED) is 0.718. The first-order valence-corrected chi connectivity index (χ1v) is 4.62. The zero-order valence-electron chi connectivity index (χ0n) is 7.70. The number of nitrogens with one attached hydrogen (secondary N) is 1. The van der Waals surface area contributed by atoms with Gasteiger partial charge < -0.3 is 10.4 Å². The zero-order valence-corrected chi connectivity index (χ0v) is 7.70. The summed E-state index contributed by atoms with van der Waals surface area (Å²) in [6.07, 6.45) is 3.36. The van der Waals surface area contributed by atoms with E-state index < -0.39 is 0 Å². The smallest absolute Gasteiger partial charge is 0.129 e. The molecule has 13 heavy (non-hydrogen) atoms. The van der Waals surface area contributed by atoms with Crippen molar-refractivity contribution in [3.8, 4) is 0 Å². The molecular formula is C10H14N2O. The van der Waals surface area contributed by atoms with Gasteiger partial charge in [-0.3, -0.25) is 0 Å². The lowest BCUT2D eigenvalue weighted by Gasteiger charge is -2.32. The van der Waals surface area contributed by atoms with Gasteiger partial charge in [0.2, 0.25) is 0 Å². The van der Waals surface area contributed by atoms with Crippen molar-refractivity contribution < 1.29 is 5.11 Å². The normalized spacial score (nSPS) is 26.6. The van der Waals surface area contributed by atoms with E-state index in [2.05, 4.69) is 10.3 Å². The Kier molecular flexibility index (Phi) is 2.19. The first-order chi connectivity index (χ1) is 6.25. The summed E-state index contributed by atoms with van der Waals surface area (Å²) < 4.78 is 0. The summed E-state index contributed by atoms with van der Waals surface area (Å²) in [5.74, 6) is 0.944. The second-order valence-electron chi connectivity index (χ2n) is 3.64. The molecule has 1 aromatic heterocycles. The molecule has 0 aromatic carbocycles. The molecule has 3 heteroatoms. The lowest BCUT2D eigenvalue weighted by Crippen LogP contribution is -2.39. The van der Waals surface area contributed by atoms with Crippen LogP contribution in [0.15, 0.2) is 18.3 Å². The van der Waals surface area contributed by atoms with E-state index in [1.807, 2.05) is 19.1 Å². The lowest BCUT2D eigenvalue weighted by molar-refractivity contribution is 0.0835. The summed E-state index contributed by atoms with van der Waals surface area (Å²) >= 11 is 0. The van der Waals surface area contributed by atoms with E-state index in [0.717, 1.165) is 24.2 Å². The third kappa shape index (κ3) is 1.80. The van der Waals surface area contributed by atoms with E-state index in [1.165, 1.54) is 0 Å². The highest BCUT2D eigenvalue weighted by atomic mass is 16.3. The molecule has 0 amide bonds. The molecule has 70 valence electrons. The van der Waals surface area contributed by atoms with Gasteiger partial charge >= 0.3 is 0 Å². The number of pyridine rings is 1. The van der Waals surface area contributed by atoms with Crippen molar-refractivity contribution in [3.05, 3.63) is 23.9 Å². The predicted octanol–water partition coefficient (Wildman–Crippen LogP) is 1.33. The van der Waals surface area contributed by atoms with Gasteiger partial charge in [-0.25, -0.2) is 4.98 Å². The van der Waals surface area contributed by atoms with Crippen LogP contribution in [-0.4, -0.2) is 22.2 Å². The van der Waals surface area contributed by atoms with Crippen molar-refractivity contribution in [1.29, 1.82) is 0 Å². The van der Waals surface area contributed by atoms with E-state index in [4.69, 9.17) is 5.11 Å². The SMILES string of the molecule is Cc1cccnc1NC1CC(O)C1. The summed E-state index contributed by atoms with van der Waals surface area (Å²) in [6, 6.07) is 4.37. The monoisotopic (exact) mass is 178 g/mol. The summed E-state index contributed by atoms with van der Waals surface area (Å²) in [4.78, 5) is 4.23. The molecule has 0 spiro atoms. The van der Waals surface area contributed by atoms with Crippen LogP contribution in [0.5, 0.6) is 0 Å². The van der Waals surface area contributed by atoms with Gasteiger partial charge in [-0.1, -0.05) is 6.07 Å². The maximum Gasteiger partial charge on any atom is 0.129 e. The number of anilines is 1. The van der Waals surface area contributed by atoms with Crippen molar-refractivity contribution in [3.63, 3.8) is 0 Å². The number of aliphatic hydroxyl groups excluding tert-OH is 1. The summed E-state index contributed by atoms with van der Waals surface area (Å²) in [7, 11) is 0. The zero-order chi connectivity index (χ0) is 9.26. The maximum atomic E-state index is 9.11. The van der Waals surface area contributed by atoms with Gasteiger partial charge in [-0.15, -0.1) is 0 Å². The van der Waals surface area contributed by atoms with Gasteiger partial charge in [0.05, 0.1) is 6.10 Å². The van der Waals surface area contributed by atoms with E-state index in [0.29, 0.717) is 6.04 Å². The van der Waals surface area contributed by atoms with Crippen molar-refractivity contribution in [2.45, 2.75) is 31.9 Å². The van der Waals surface area contributed by atoms with Gasteiger partial charge in [-0.2, -0.15) is 0 Å². The van der Waals surface area contributed by atoms with E-state index >= 15 is 0 Å². The van der Waals surface area contributed by atoms with Crippen LogP contribution in [0.25, 0.3) is 0 Å². The van der Waals surface area contributed by atoms with Crippen LogP contribution in [0.4, 0.5) is 5.82 Å². The molecule has 1 aliphatic rings. The molecule has 0 bridgehead atoms. The first kappa shape index (κ1) is 8.51. The number of aromatic nitrogens is 1. The average Bonchev–Trinajstić information content (AvgIpc) is 2.06. The number of aryl methyl sites for hydroxylation is 1. The maximum absolute atomic E-state index is 9.11. The fourth-order valence-corrected chi connectivity index (χ4v) is 1.54. The van der Waals surface area contributed by atoms with Crippen molar-refractivity contribution in [1.82, 2.24) is 4.98 Å². The summed E-state index contributed by atoms with van der Waals surface area (Å²) in [5, 5.41) is 12.4. The van der Waals surface area contributed by atoms with Crippen LogP contribution in [0.2, 0.25) is 0 Å². The van der Waals surface area contributed by atoms with E-state index in [9.17, 15) is 0 Å². The number of nitrogens with zero attached hydrogens (tertiary/aromatic N) is 1. The average molecular weight is 178 g/mol. The molecule has 1 aromatic rings. The number of hydrogen-bond acceptors (Lipinski definition) is 3. The van der Waals surface area contributed by atoms with Crippen LogP contribution in [0, 0.1) is 6.92 Å². The van der Waals surface area contributed by atoms with Crippen LogP contribution in [-0.2, 0) is 0 Å². The molecule has 0 atom stereocenters. The third-order valence-electron chi connectivity index (χ3n) is 2.46. The van der Waals surface area contributed by atoms with Gasteiger partial charge in [0, 0.05) is 12.2 Å². The Labute approximate surface area is 77.8 Å². The first-order valence-electron chi connectivity index (χ1n) is 4.62. The summed E-state index contributed by atoms with van der Waals surface area (Å²) in [5.41, 5.74) is 1.16. The fourth-order valence-electron chi connectivity index (χ4n) is 1.54. The largest absolute Gasteiger partial charge is 0.393 e. The topological polar surface area (TPSA) is 45.2 Å². The van der Waals surface area contributed by atoms with Crippen LogP contribution in [0.1, 0.15) is 18.4 Å². The van der Waals surface area contributed by atoms with Crippen LogP contribution >= 0.6 is 0 Å². The third-order valence-corrected chi connectivity index (χ3v) is 2.46. The molecule has 0 radical (unpaired) electrons. The molecule has 2 rings (SSSR count). The minimum atomic E-state index is -0.110. The Hall–Kier alpha value is -1.09. The number of hydrogen-bond donors (Lipinski definition) is 2. The highest BCUT2D eigenvalue weighted by Gasteiger charge is 2.27. The number of rotatable bonds is 2.